The van der Waals surface area contributed by atoms with E-state index in [1.54, 1.807) is 22.2 Å². The summed E-state index contributed by atoms with van der Waals surface area (Å²) in [5, 5.41) is 6.87. The van der Waals surface area contributed by atoms with Gasteiger partial charge in [-0.25, -0.2) is 0 Å². The molecule has 0 saturated heterocycles. The Hall–Kier alpha value is -0.840. The van der Waals surface area contributed by atoms with Gasteiger partial charge in [-0.15, -0.1) is 11.3 Å². The van der Waals surface area contributed by atoms with Crippen LogP contribution in [0.4, 0.5) is 0 Å². The standard InChI is InChI=1S/C12H16ClN3S/c1-16-12(10(13)8-15-16)11(14)6-2-4-9-5-3-7-17-9/h3,5,7-8,11H,2,4,6,14H2,1H3. The predicted molar refractivity (Wildman–Crippen MR) is 72.4 cm³/mol. The molecule has 0 amide bonds. The summed E-state index contributed by atoms with van der Waals surface area (Å²) >= 11 is 7.85. The van der Waals surface area contributed by atoms with E-state index in [0.29, 0.717) is 5.02 Å². The SMILES string of the molecule is Cn1ncc(Cl)c1C(N)CCCc1cccs1. The molecule has 0 aliphatic rings. The first-order chi connectivity index (χ1) is 8.18. The summed E-state index contributed by atoms with van der Waals surface area (Å²) in [5.74, 6) is 0. The second kappa shape index (κ2) is 5.67. The Bertz CT molecular complexity index is 445. The molecule has 0 fully saturated rings. The zero-order chi connectivity index (χ0) is 12.3. The number of hydrogen-bond acceptors (Lipinski definition) is 3. The number of halogens is 1. The van der Waals surface area contributed by atoms with Gasteiger partial charge >= 0.3 is 0 Å². The highest BCUT2D eigenvalue weighted by molar-refractivity contribution is 7.09. The number of nitrogens with zero attached hydrogens (tertiary/aromatic N) is 2. The van der Waals surface area contributed by atoms with Crippen molar-refractivity contribution in [3.8, 4) is 0 Å². The molecule has 17 heavy (non-hydrogen) atoms. The average Bonchev–Trinajstić information content (AvgIpc) is 2.89. The van der Waals surface area contributed by atoms with Crippen molar-refractivity contribution >= 4 is 22.9 Å². The van der Waals surface area contributed by atoms with Crippen LogP contribution in [0, 0.1) is 0 Å². The molecule has 3 nitrogen and oxygen atoms in total. The van der Waals surface area contributed by atoms with Crippen LogP contribution in [0.5, 0.6) is 0 Å². The van der Waals surface area contributed by atoms with E-state index in [-0.39, 0.29) is 6.04 Å². The van der Waals surface area contributed by atoms with Crippen molar-refractivity contribution in [3.63, 3.8) is 0 Å². The van der Waals surface area contributed by atoms with Crippen LogP contribution in [-0.2, 0) is 13.5 Å². The quantitative estimate of drug-likeness (QED) is 0.906. The van der Waals surface area contributed by atoms with Gasteiger partial charge in [0.15, 0.2) is 0 Å². The summed E-state index contributed by atoms with van der Waals surface area (Å²) < 4.78 is 1.76. The molecule has 0 aromatic carbocycles. The minimum atomic E-state index is -0.0324. The fourth-order valence-corrected chi connectivity index (χ4v) is 2.98. The number of rotatable bonds is 5. The molecule has 2 aromatic heterocycles. The second-order valence-electron chi connectivity index (χ2n) is 4.08. The first-order valence-corrected chi connectivity index (χ1v) is 6.89. The molecular formula is C12H16ClN3S. The number of nitrogens with two attached hydrogens (primary N) is 1. The molecule has 0 aliphatic carbocycles. The summed E-state index contributed by atoms with van der Waals surface area (Å²) in [5.41, 5.74) is 7.07. The average molecular weight is 270 g/mol. The maximum Gasteiger partial charge on any atom is 0.0833 e. The summed E-state index contributed by atoms with van der Waals surface area (Å²) in [6, 6.07) is 4.21. The smallest absolute Gasteiger partial charge is 0.0833 e. The largest absolute Gasteiger partial charge is 0.323 e. The molecule has 2 rings (SSSR count). The Balaban J connectivity index is 1.87. The van der Waals surface area contributed by atoms with Crippen molar-refractivity contribution < 1.29 is 0 Å². The Kier molecular flexibility index (Phi) is 4.20. The maximum atomic E-state index is 6.14. The number of aryl methyl sites for hydroxylation is 2. The molecule has 0 spiro atoms. The third-order valence-corrected chi connectivity index (χ3v) is 4.03. The summed E-state index contributed by atoms with van der Waals surface area (Å²) in [6.07, 6.45) is 4.73. The molecular weight excluding hydrogens is 254 g/mol. The number of thiophene rings is 1. The van der Waals surface area contributed by atoms with E-state index in [1.807, 2.05) is 7.05 Å². The van der Waals surface area contributed by atoms with Crippen LogP contribution in [0.1, 0.15) is 29.5 Å². The van der Waals surface area contributed by atoms with Crippen molar-refractivity contribution in [3.05, 3.63) is 39.3 Å². The first-order valence-electron chi connectivity index (χ1n) is 5.64. The molecule has 0 bridgehead atoms. The summed E-state index contributed by atoms with van der Waals surface area (Å²) in [6.45, 7) is 0. The van der Waals surface area contributed by atoms with Gasteiger partial charge in [0.05, 0.1) is 16.9 Å². The van der Waals surface area contributed by atoms with E-state index in [9.17, 15) is 0 Å². The summed E-state index contributed by atoms with van der Waals surface area (Å²) in [4.78, 5) is 1.41. The topological polar surface area (TPSA) is 43.8 Å². The second-order valence-corrected chi connectivity index (χ2v) is 5.52. The molecule has 2 aromatic rings. The van der Waals surface area contributed by atoms with Gasteiger partial charge in [0, 0.05) is 18.0 Å². The fourth-order valence-electron chi connectivity index (χ4n) is 1.93. The van der Waals surface area contributed by atoms with Crippen LogP contribution >= 0.6 is 22.9 Å². The maximum absolute atomic E-state index is 6.14. The molecule has 2 heterocycles. The lowest BCUT2D eigenvalue weighted by Crippen LogP contribution is -2.15. The molecule has 0 aliphatic heterocycles. The molecule has 0 saturated carbocycles. The van der Waals surface area contributed by atoms with Gasteiger partial charge < -0.3 is 5.73 Å². The summed E-state index contributed by atoms with van der Waals surface area (Å²) in [7, 11) is 1.88. The first kappa shape index (κ1) is 12.6. The zero-order valence-corrected chi connectivity index (χ0v) is 11.3. The lowest BCUT2D eigenvalue weighted by atomic mass is 10.1. The third-order valence-electron chi connectivity index (χ3n) is 2.81. The van der Waals surface area contributed by atoms with E-state index >= 15 is 0 Å². The van der Waals surface area contributed by atoms with E-state index in [2.05, 4.69) is 22.6 Å². The molecule has 92 valence electrons. The van der Waals surface area contributed by atoms with Gasteiger partial charge in [-0.2, -0.15) is 5.10 Å². The highest BCUT2D eigenvalue weighted by Crippen LogP contribution is 2.24. The van der Waals surface area contributed by atoms with Gasteiger partial charge in [-0.3, -0.25) is 4.68 Å². The van der Waals surface area contributed by atoms with E-state index in [4.69, 9.17) is 17.3 Å². The van der Waals surface area contributed by atoms with Crippen molar-refractivity contribution in [2.45, 2.75) is 25.3 Å². The minimum absolute atomic E-state index is 0.0324. The fraction of sp³-hybridized carbons (Fsp3) is 0.417. The van der Waals surface area contributed by atoms with Crippen LogP contribution in [-0.4, -0.2) is 9.78 Å². The Morgan fingerprint density at radius 1 is 1.59 bits per heavy atom. The lowest BCUT2D eigenvalue weighted by Gasteiger charge is -2.12. The molecule has 1 unspecified atom stereocenters. The van der Waals surface area contributed by atoms with Gasteiger partial charge in [0.1, 0.15) is 0 Å². The molecule has 1 atom stereocenters. The number of aromatic nitrogens is 2. The van der Waals surface area contributed by atoms with Gasteiger partial charge in [0.2, 0.25) is 0 Å². The van der Waals surface area contributed by atoms with Crippen LogP contribution in [0.3, 0.4) is 0 Å². The van der Waals surface area contributed by atoms with Crippen LogP contribution in [0.15, 0.2) is 23.7 Å². The van der Waals surface area contributed by atoms with Gasteiger partial charge in [-0.05, 0) is 30.7 Å². The van der Waals surface area contributed by atoms with Crippen molar-refractivity contribution in [2.75, 3.05) is 0 Å². The lowest BCUT2D eigenvalue weighted by molar-refractivity contribution is 0.561. The predicted octanol–water partition coefficient (Wildman–Crippen LogP) is 3.16. The number of hydrogen-bond donors (Lipinski definition) is 1. The van der Waals surface area contributed by atoms with Gasteiger partial charge in [-0.1, -0.05) is 17.7 Å². The van der Waals surface area contributed by atoms with E-state index in [1.165, 1.54) is 4.88 Å². The van der Waals surface area contributed by atoms with Crippen molar-refractivity contribution in [2.24, 2.45) is 12.8 Å². The molecule has 5 heteroatoms. The Morgan fingerprint density at radius 3 is 3.00 bits per heavy atom. The van der Waals surface area contributed by atoms with Crippen molar-refractivity contribution in [1.82, 2.24) is 9.78 Å². The van der Waals surface area contributed by atoms with Crippen LogP contribution < -0.4 is 5.73 Å². The van der Waals surface area contributed by atoms with Gasteiger partial charge in [0.25, 0.3) is 0 Å². The highest BCUT2D eigenvalue weighted by atomic mass is 35.5. The molecule has 0 radical (unpaired) electrons. The van der Waals surface area contributed by atoms with Crippen LogP contribution in [0.25, 0.3) is 0 Å². The third kappa shape index (κ3) is 3.09. The van der Waals surface area contributed by atoms with E-state index < -0.39 is 0 Å². The highest BCUT2D eigenvalue weighted by Gasteiger charge is 2.14. The zero-order valence-electron chi connectivity index (χ0n) is 9.77. The minimum Gasteiger partial charge on any atom is -0.323 e. The van der Waals surface area contributed by atoms with Crippen LogP contribution in [0.2, 0.25) is 5.02 Å². The molecule has 2 N–H and O–H groups in total. The van der Waals surface area contributed by atoms with Crippen molar-refractivity contribution in [1.29, 1.82) is 0 Å². The Labute approximate surface area is 110 Å². The Morgan fingerprint density at radius 2 is 2.41 bits per heavy atom. The monoisotopic (exact) mass is 269 g/mol. The van der Waals surface area contributed by atoms with E-state index in [0.717, 1.165) is 25.0 Å². The normalized spacial score (nSPS) is 12.9.